The van der Waals surface area contributed by atoms with Gasteiger partial charge in [-0.3, -0.25) is 4.90 Å². The zero-order chi connectivity index (χ0) is 15.9. The van der Waals surface area contributed by atoms with Crippen LogP contribution in [0.1, 0.15) is 30.9 Å². The third-order valence-corrected chi connectivity index (χ3v) is 4.20. The van der Waals surface area contributed by atoms with Gasteiger partial charge in [0.15, 0.2) is 5.96 Å². The Hall–Kier alpha value is -1.75. The fraction of sp³-hybridized carbons (Fsp3) is 0.588. The molecule has 0 aromatic heterocycles. The number of benzene rings is 1. The largest absolute Gasteiger partial charge is 0.497 e. The zero-order valence-electron chi connectivity index (χ0n) is 13.9. The average Bonchev–Trinajstić information content (AvgIpc) is 2.97. The number of methoxy groups -OCH3 is 1. The van der Waals surface area contributed by atoms with Gasteiger partial charge in [0.1, 0.15) is 5.75 Å². The number of hydrogen-bond donors (Lipinski definition) is 2. The quantitative estimate of drug-likeness (QED) is 0.622. The summed E-state index contributed by atoms with van der Waals surface area (Å²) in [6.45, 7) is 8.01. The third kappa shape index (κ3) is 4.63. The van der Waals surface area contributed by atoms with Gasteiger partial charge in [0.25, 0.3) is 0 Å². The van der Waals surface area contributed by atoms with Gasteiger partial charge in [0.2, 0.25) is 0 Å². The van der Waals surface area contributed by atoms with E-state index in [-0.39, 0.29) is 0 Å². The maximum Gasteiger partial charge on any atom is 0.188 e. The van der Waals surface area contributed by atoms with Crippen molar-refractivity contribution >= 4 is 5.96 Å². The minimum absolute atomic E-state index is 0.517. The highest BCUT2D eigenvalue weighted by Crippen LogP contribution is 2.17. The van der Waals surface area contributed by atoms with Crippen molar-refractivity contribution in [2.45, 2.75) is 39.3 Å². The number of aliphatic imine (C=N–C) groups is 1. The molecule has 1 aliphatic heterocycles. The van der Waals surface area contributed by atoms with Crippen LogP contribution in [-0.4, -0.2) is 43.6 Å². The second-order valence-electron chi connectivity index (χ2n) is 5.87. The molecule has 22 heavy (non-hydrogen) atoms. The van der Waals surface area contributed by atoms with Crippen LogP contribution in [0.25, 0.3) is 0 Å². The molecule has 1 unspecified atom stereocenters. The molecule has 0 bridgehead atoms. The first-order chi connectivity index (χ1) is 10.6. The molecule has 1 aliphatic rings. The van der Waals surface area contributed by atoms with E-state index in [1.807, 2.05) is 12.1 Å². The molecule has 3 N–H and O–H groups in total. The van der Waals surface area contributed by atoms with Crippen molar-refractivity contribution < 1.29 is 4.74 Å². The molecule has 1 atom stereocenters. The Morgan fingerprint density at radius 3 is 3.00 bits per heavy atom. The van der Waals surface area contributed by atoms with Gasteiger partial charge in [0, 0.05) is 12.6 Å². The highest BCUT2D eigenvalue weighted by molar-refractivity contribution is 5.77. The fourth-order valence-electron chi connectivity index (χ4n) is 3.03. The first-order valence-electron chi connectivity index (χ1n) is 8.04. The van der Waals surface area contributed by atoms with Crippen LogP contribution in [0.5, 0.6) is 5.75 Å². The molecule has 0 saturated carbocycles. The van der Waals surface area contributed by atoms with Gasteiger partial charge in [-0.1, -0.05) is 13.0 Å². The molecule has 1 heterocycles. The van der Waals surface area contributed by atoms with Crippen LogP contribution in [0.4, 0.5) is 0 Å². The summed E-state index contributed by atoms with van der Waals surface area (Å²) in [6, 6.07) is 6.70. The first-order valence-corrected chi connectivity index (χ1v) is 8.04. The molecule has 1 fully saturated rings. The van der Waals surface area contributed by atoms with E-state index >= 15 is 0 Å². The van der Waals surface area contributed by atoms with E-state index in [4.69, 9.17) is 10.5 Å². The van der Waals surface area contributed by atoms with Crippen molar-refractivity contribution in [2.24, 2.45) is 10.7 Å². The zero-order valence-corrected chi connectivity index (χ0v) is 13.9. The van der Waals surface area contributed by atoms with E-state index in [2.05, 4.69) is 35.1 Å². The van der Waals surface area contributed by atoms with Gasteiger partial charge in [-0.25, -0.2) is 4.99 Å². The van der Waals surface area contributed by atoms with Crippen molar-refractivity contribution in [2.75, 3.05) is 26.7 Å². The van der Waals surface area contributed by atoms with Crippen LogP contribution >= 0.6 is 0 Å². The summed E-state index contributed by atoms with van der Waals surface area (Å²) in [5, 5.41) is 3.26. The van der Waals surface area contributed by atoms with Gasteiger partial charge in [-0.05, 0) is 56.1 Å². The molecule has 0 spiro atoms. The normalized spacial score (nSPS) is 19.4. The lowest BCUT2D eigenvalue weighted by Crippen LogP contribution is -2.42. The summed E-state index contributed by atoms with van der Waals surface area (Å²) >= 11 is 0. The highest BCUT2D eigenvalue weighted by Gasteiger charge is 2.22. The van der Waals surface area contributed by atoms with E-state index in [9.17, 15) is 0 Å². The number of nitrogens with two attached hydrogens (primary N) is 1. The second kappa shape index (κ2) is 8.03. The van der Waals surface area contributed by atoms with Crippen LogP contribution in [0.3, 0.4) is 0 Å². The molecule has 122 valence electrons. The lowest BCUT2D eigenvalue weighted by atomic mass is 10.1. The number of nitrogens with one attached hydrogen (secondary N) is 1. The van der Waals surface area contributed by atoms with Gasteiger partial charge in [0.05, 0.1) is 13.7 Å². The SMILES string of the molecule is CCN1CCCC1CNC(N)=NCc1cc(C)cc(OC)c1. The van der Waals surface area contributed by atoms with Crippen molar-refractivity contribution in [1.29, 1.82) is 0 Å². The third-order valence-electron chi connectivity index (χ3n) is 4.20. The molecule has 1 saturated heterocycles. The average molecular weight is 304 g/mol. The number of hydrogen-bond acceptors (Lipinski definition) is 3. The van der Waals surface area contributed by atoms with Gasteiger partial charge in [-0.15, -0.1) is 0 Å². The Kier molecular flexibility index (Phi) is 6.07. The molecule has 0 radical (unpaired) electrons. The predicted molar refractivity (Wildman–Crippen MR) is 91.3 cm³/mol. The molecule has 2 rings (SSSR count). The van der Waals surface area contributed by atoms with Crippen LogP contribution in [0.2, 0.25) is 0 Å². The number of likely N-dealkylation sites (N-methyl/N-ethyl adjacent to an activating group) is 1. The van der Waals surface area contributed by atoms with E-state index in [0.717, 1.165) is 24.4 Å². The second-order valence-corrected chi connectivity index (χ2v) is 5.87. The minimum Gasteiger partial charge on any atom is -0.497 e. The Morgan fingerprint density at radius 1 is 1.45 bits per heavy atom. The number of guanidine groups is 1. The van der Waals surface area contributed by atoms with E-state index in [0.29, 0.717) is 18.5 Å². The number of rotatable bonds is 6. The summed E-state index contributed by atoms with van der Waals surface area (Å²) in [7, 11) is 1.68. The predicted octanol–water partition coefficient (Wildman–Crippen LogP) is 1.89. The van der Waals surface area contributed by atoms with Crippen LogP contribution in [0.15, 0.2) is 23.2 Å². The first kappa shape index (κ1) is 16.6. The molecule has 1 aromatic carbocycles. The van der Waals surface area contributed by atoms with E-state index in [1.54, 1.807) is 7.11 Å². The number of aryl methyl sites for hydroxylation is 1. The lowest BCUT2D eigenvalue weighted by Gasteiger charge is -2.23. The molecule has 5 nitrogen and oxygen atoms in total. The summed E-state index contributed by atoms with van der Waals surface area (Å²) in [5.41, 5.74) is 8.26. The lowest BCUT2D eigenvalue weighted by molar-refractivity contribution is 0.267. The number of nitrogens with zero attached hydrogens (tertiary/aromatic N) is 2. The molecule has 0 aliphatic carbocycles. The Balaban J connectivity index is 1.86. The van der Waals surface area contributed by atoms with Gasteiger partial charge in [-0.2, -0.15) is 0 Å². The number of likely N-dealkylation sites (tertiary alicyclic amines) is 1. The Bertz CT molecular complexity index is 515. The Morgan fingerprint density at radius 2 is 2.27 bits per heavy atom. The molecule has 5 heteroatoms. The standard InChI is InChI=1S/C17H28N4O/c1-4-21-7-5-6-15(21)12-20-17(18)19-11-14-8-13(2)9-16(10-14)22-3/h8-10,15H,4-7,11-12H2,1-3H3,(H3,18,19,20). The summed E-state index contributed by atoms with van der Waals surface area (Å²) in [6.07, 6.45) is 2.52. The minimum atomic E-state index is 0.517. The van der Waals surface area contributed by atoms with Crippen molar-refractivity contribution in [3.8, 4) is 5.75 Å². The van der Waals surface area contributed by atoms with E-state index in [1.165, 1.54) is 24.9 Å². The summed E-state index contributed by atoms with van der Waals surface area (Å²) < 4.78 is 5.28. The molecule has 0 amide bonds. The number of ether oxygens (including phenoxy) is 1. The molecule has 1 aromatic rings. The summed E-state index contributed by atoms with van der Waals surface area (Å²) in [5.74, 6) is 1.38. The molecular weight excluding hydrogens is 276 g/mol. The molecular formula is C17H28N4O. The fourth-order valence-corrected chi connectivity index (χ4v) is 3.03. The van der Waals surface area contributed by atoms with Crippen LogP contribution in [-0.2, 0) is 6.54 Å². The smallest absolute Gasteiger partial charge is 0.188 e. The van der Waals surface area contributed by atoms with Gasteiger partial charge < -0.3 is 15.8 Å². The van der Waals surface area contributed by atoms with Crippen LogP contribution in [0, 0.1) is 6.92 Å². The maximum atomic E-state index is 5.98. The monoisotopic (exact) mass is 304 g/mol. The topological polar surface area (TPSA) is 62.9 Å². The maximum absolute atomic E-state index is 5.98. The van der Waals surface area contributed by atoms with Crippen molar-refractivity contribution in [1.82, 2.24) is 10.2 Å². The van der Waals surface area contributed by atoms with Crippen LogP contribution < -0.4 is 15.8 Å². The van der Waals surface area contributed by atoms with E-state index < -0.39 is 0 Å². The highest BCUT2D eigenvalue weighted by atomic mass is 16.5. The van der Waals surface area contributed by atoms with Crippen molar-refractivity contribution in [3.63, 3.8) is 0 Å². The van der Waals surface area contributed by atoms with Crippen molar-refractivity contribution in [3.05, 3.63) is 29.3 Å². The van der Waals surface area contributed by atoms with Gasteiger partial charge >= 0.3 is 0 Å². The summed E-state index contributed by atoms with van der Waals surface area (Å²) in [4.78, 5) is 6.92. The Labute approximate surface area is 133 Å².